The second-order valence-electron chi connectivity index (χ2n) is 6.67. The van der Waals surface area contributed by atoms with E-state index in [1.54, 1.807) is 42.6 Å². The number of piperidine rings is 1. The summed E-state index contributed by atoms with van der Waals surface area (Å²) in [5, 5.41) is 9.23. The van der Waals surface area contributed by atoms with E-state index >= 15 is 0 Å². The molecule has 1 aromatic heterocycles. The third-order valence-electron chi connectivity index (χ3n) is 4.83. The van der Waals surface area contributed by atoms with Crippen molar-refractivity contribution in [1.82, 2.24) is 9.71 Å². The predicted octanol–water partition coefficient (Wildman–Crippen LogP) is 2.55. The molecule has 0 radical (unpaired) electrons. The highest BCUT2D eigenvalue weighted by Crippen LogP contribution is 2.24. The third-order valence-corrected chi connectivity index (χ3v) is 6.27. The minimum atomic E-state index is -3.54. The number of rotatable bonds is 7. The van der Waals surface area contributed by atoms with Crippen molar-refractivity contribution in [3.8, 4) is 11.8 Å². The second kappa shape index (κ2) is 9.04. The molecule has 2 heterocycles. The summed E-state index contributed by atoms with van der Waals surface area (Å²) in [5.74, 6) is 1.61. The average molecular weight is 401 g/mol. The lowest BCUT2D eigenvalue weighted by Gasteiger charge is -2.33. The minimum absolute atomic E-state index is 0.237. The Kier molecular flexibility index (Phi) is 6.49. The van der Waals surface area contributed by atoms with E-state index in [0.717, 1.165) is 25.9 Å². The molecule has 7 nitrogen and oxygen atoms in total. The Morgan fingerprint density at radius 3 is 2.61 bits per heavy atom. The Morgan fingerprint density at radius 1 is 1.25 bits per heavy atom. The zero-order valence-electron chi connectivity index (χ0n) is 15.8. The van der Waals surface area contributed by atoms with E-state index in [1.165, 1.54) is 0 Å². The molecule has 148 valence electrons. The van der Waals surface area contributed by atoms with Gasteiger partial charge in [-0.15, -0.1) is 0 Å². The van der Waals surface area contributed by atoms with E-state index < -0.39 is 10.0 Å². The van der Waals surface area contributed by atoms with Gasteiger partial charge in [0.1, 0.15) is 17.6 Å². The number of pyridine rings is 1. The largest absolute Gasteiger partial charge is 0.494 e. The fraction of sp³-hybridized carbons (Fsp3) is 0.400. The minimum Gasteiger partial charge on any atom is -0.494 e. The van der Waals surface area contributed by atoms with Crippen molar-refractivity contribution in [1.29, 1.82) is 5.26 Å². The first-order valence-electron chi connectivity index (χ1n) is 9.36. The van der Waals surface area contributed by atoms with Crippen LogP contribution in [0.25, 0.3) is 0 Å². The number of ether oxygens (including phenoxy) is 1. The molecule has 1 N–H and O–H groups in total. The third kappa shape index (κ3) is 4.80. The number of aromatic nitrogens is 1. The van der Waals surface area contributed by atoms with Gasteiger partial charge in [-0.1, -0.05) is 0 Å². The van der Waals surface area contributed by atoms with Gasteiger partial charge in [-0.2, -0.15) is 5.26 Å². The summed E-state index contributed by atoms with van der Waals surface area (Å²) in [5.41, 5.74) is 0.567. The van der Waals surface area contributed by atoms with Crippen LogP contribution < -0.4 is 14.4 Å². The number of hydrogen-bond acceptors (Lipinski definition) is 6. The van der Waals surface area contributed by atoms with Crippen LogP contribution in [0.15, 0.2) is 47.5 Å². The van der Waals surface area contributed by atoms with Gasteiger partial charge in [0.2, 0.25) is 10.0 Å². The monoisotopic (exact) mass is 400 g/mol. The van der Waals surface area contributed by atoms with Crippen molar-refractivity contribution < 1.29 is 13.2 Å². The molecule has 0 bridgehead atoms. The lowest BCUT2D eigenvalue weighted by molar-refractivity contribution is 0.340. The maximum absolute atomic E-state index is 12.5. The summed E-state index contributed by atoms with van der Waals surface area (Å²) in [6.07, 6.45) is 3.37. The van der Waals surface area contributed by atoms with Gasteiger partial charge < -0.3 is 9.64 Å². The van der Waals surface area contributed by atoms with Crippen LogP contribution in [0.5, 0.6) is 5.75 Å². The summed E-state index contributed by atoms with van der Waals surface area (Å²) >= 11 is 0. The van der Waals surface area contributed by atoms with Gasteiger partial charge in [0.25, 0.3) is 0 Å². The predicted molar refractivity (Wildman–Crippen MR) is 107 cm³/mol. The first kappa shape index (κ1) is 20.1. The highest BCUT2D eigenvalue weighted by molar-refractivity contribution is 7.89. The van der Waals surface area contributed by atoms with Gasteiger partial charge in [0.15, 0.2) is 0 Å². The fourth-order valence-electron chi connectivity index (χ4n) is 3.28. The molecule has 0 saturated carbocycles. The van der Waals surface area contributed by atoms with Gasteiger partial charge in [-0.05, 0) is 62.1 Å². The number of anilines is 1. The molecule has 0 amide bonds. The summed E-state index contributed by atoms with van der Waals surface area (Å²) in [6.45, 7) is 4.32. The van der Waals surface area contributed by atoms with E-state index in [-0.39, 0.29) is 10.8 Å². The van der Waals surface area contributed by atoms with Crippen molar-refractivity contribution in [3.05, 3.63) is 48.2 Å². The molecule has 1 aliphatic heterocycles. The topological polar surface area (TPSA) is 95.3 Å². The second-order valence-corrected chi connectivity index (χ2v) is 8.44. The molecule has 1 saturated heterocycles. The fourth-order valence-corrected chi connectivity index (χ4v) is 4.39. The smallest absolute Gasteiger partial charge is 0.240 e. The summed E-state index contributed by atoms with van der Waals surface area (Å²) in [4.78, 5) is 6.65. The Bertz CT molecular complexity index is 931. The maximum atomic E-state index is 12.5. The first-order chi connectivity index (χ1) is 13.5. The average Bonchev–Trinajstić information content (AvgIpc) is 2.73. The van der Waals surface area contributed by atoms with E-state index in [1.807, 2.05) is 6.92 Å². The molecule has 0 atom stereocenters. The van der Waals surface area contributed by atoms with Gasteiger partial charge in [-0.3, -0.25) is 0 Å². The molecule has 0 spiro atoms. The van der Waals surface area contributed by atoms with E-state index in [0.29, 0.717) is 30.3 Å². The van der Waals surface area contributed by atoms with Crippen LogP contribution in [0, 0.1) is 17.2 Å². The highest BCUT2D eigenvalue weighted by Gasteiger charge is 2.23. The number of nitrogens with one attached hydrogen (secondary N) is 1. The number of benzene rings is 1. The molecule has 0 aliphatic carbocycles. The number of hydrogen-bond donors (Lipinski definition) is 1. The van der Waals surface area contributed by atoms with Crippen molar-refractivity contribution >= 4 is 15.8 Å². The summed E-state index contributed by atoms with van der Waals surface area (Å²) in [6, 6.07) is 12.1. The Morgan fingerprint density at radius 2 is 1.96 bits per heavy atom. The Labute approximate surface area is 166 Å². The van der Waals surface area contributed by atoms with Crippen molar-refractivity contribution in [2.24, 2.45) is 5.92 Å². The van der Waals surface area contributed by atoms with Crippen LogP contribution in [0.3, 0.4) is 0 Å². The lowest BCUT2D eigenvalue weighted by atomic mass is 9.97. The molecule has 1 fully saturated rings. The van der Waals surface area contributed by atoms with E-state index in [4.69, 9.17) is 4.74 Å². The van der Waals surface area contributed by atoms with Gasteiger partial charge in [0.05, 0.1) is 17.1 Å². The SMILES string of the molecule is CCOc1ccc(S(=O)(=O)NCC2CCN(c3ncccc3C#N)CC2)cc1. The molecule has 0 unspecified atom stereocenters. The Hall–Kier alpha value is -2.63. The van der Waals surface area contributed by atoms with Crippen LogP contribution in [-0.4, -0.2) is 39.6 Å². The zero-order valence-corrected chi connectivity index (χ0v) is 16.7. The van der Waals surface area contributed by atoms with Crippen molar-refractivity contribution in [3.63, 3.8) is 0 Å². The molecule has 1 aliphatic rings. The van der Waals surface area contributed by atoms with Crippen LogP contribution >= 0.6 is 0 Å². The number of sulfonamides is 1. The Balaban J connectivity index is 1.54. The maximum Gasteiger partial charge on any atom is 0.240 e. The van der Waals surface area contributed by atoms with E-state index in [2.05, 4.69) is 20.7 Å². The van der Waals surface area contributed by atoms with Crippen LogP contribution in [0.2, 0.25) is 0 Å². The summed E-state index contributed by atoms with van der Waals surface area (Å²) < 4.78 is 33.1. The molecular weight excluding hydrogens is 376 g/mol. The van der Waals surface area contributed by atoms with Crippen molar-refractivity contribution in [2.75, 3.05) is 31.1 Å². The number of nitrogens with zero attached hydrogens (tertiary/aromatic N) is 3. The van der Waals surface area contributed by atoms with Crippen molar-refractivity contribution in [2.45, 2.75) is 24.7 Å². The van der Waals surface area contributed by atoms with Crippen LogP contribution in [0.4, 0.5) is 5.82 Å². The molecule has 2 aromatic rings. The molecule has 1 aromatic carbocycles. The van der Waals surface area contributed by atoms with Gasteiger partial charge in [-0.25, -0.2) is 18.1 Å². The quantitative estimate of drug-likeness (QED) is 0.767. The molecule has 3 rings (SSSR count). The normalized spacial score (nSPS) is 15.2. The highest BCUT2D eigenvalue weighted by atomic mass is 32.2. The standard InChI is InChI=1S/C20H24N4O3S/c1-2-27-18-5-7-19(8-6-18)28(25,26)23-15-16-9-12-24(13-10-16)20-17(14-21)4-3-11-22-20/h3-8,11,16,23H,2,9-10,12-13,15H2,1H3. The molecule has 8 heteroatoms. The van der Waals surface area contributed by atoms with Gasteiger partial charge >= 0.3 is 0 Å². The van der Waals surface area contributed by atoms with Crippen LogP contribution in [0.1, 0.15) is 25.3 Å². The lowest BCUT2D eigenvalue weighted by Crippen LogP contribution is -2.39. The first-order valence-corrected chi connectivity index (χ1v) is 10.8. The van der Waals surface area contributed by atoms with E-state index in [9.17, 15) is 13.7 Å². The van der Waals surface area contributed by atoms with Gasteiger partial charge in [0, 0.05) is 25.8 Å². The molecular formula is C20H24N4O3S. The number of nitriles is 1. The molecule has 28 heavy (non-hydrogen) atoms. The zero-order chi connectivity index (χ0) is 20.0. The summed E-state index contributed by atoms with van der Waals surface area (Å²) in [7, 11) is -3.54. The van der Waals surface area contributed by atoms with Crippen LogP contribution in [-0.2, 0) is 10.0 Å².